The van der Waals surface area contributed by atoms with Gasteiger partial charge in [-0.05, 0) is 42.8 Å². The number of carbonyl (C=O) groups is 1. The Morgan fingerprint density at radius 1 is 0.938 bits per heavy atom. The molecule has 0 spiro atoms. The van der Waals surface area contributed by atoms with Gasteiger partial charge in [-0.3, -0.25) is 4.79 Å². The molecule has 0 saturated carbocycles. The van der Waals surface area contributed by atoms with Crippen LogP contribution < -0.4 is 19.5 Å². The van der Waals surface area contributed by atoms with Gasteiger partial charge >= 0.3 is 0 Å². The minimum atomic E-state index is -3.66. The minimum Gasteiger partial charge on any atom is -0.496 e. The van der Waals surface area contributed by atoms with E-state index in [1.165, 1.54) is 24.3 Å². The molecular weight excluding hydrogens is 428 g/mol. The molecule has 0 unspecified atom stereocenters. The average Bonchev–Trinajstić information content (AvgIpc) is 2.82. The quantitative estimate of drug-likeness (QED) is 0.490. The fraction of sp³-hybridized carbons (Fsp3) is 0.208. The molecule has 0 saturated heterocycles. The van der Waals surface area contributed by atoms with E-state index in [2.05, 4.69) is 10.0 Å². The summed E-state index contributed by atoms with van der Waals surface area (Å²) in [6.45, 7) is 1.86. The summed E-state index contributed by atoms with van der Waals surface area (Å²) in [5.74, 6) is 0.788. The second-order valence-electron chi connectivity index (χ2n) is 7.10. The number of sulfonamides is 1. The number of hydrogen-bond acceptors (Lipinski definition) is 5. The van der Waals surface area contributed by atoms with Crippen molar-refractivity contribution in [2.24, 2.45) is 0 Å². The molecule has 0 aliphatic heterocycles. The number of methoxy groups -OCH3 is 1. The fourth-order valence-electron chi connectivity index (χ4n) is 3.11. The third-order valence-corrected chi connectivity index (χ3v) is 6.21. The van der Waals surface area contributed by atoms with Crippen LogP contribution in [0.2, 0.25) is 0 Å². The van der Waals surface area contributed by atoms with Crippen molar-refractivity contribution < 1.29 is 22.7 Å². The van der Waals surface area contributed by atoms with Gasteiger partial charge in [0.15, 0.2) is 6.61 Å². The lowest BCUT2D eigenvalue weighted by Gasteiger charge is -2.17. The van der Waals surface area contributed by atoms with E-state index >= 15 is 0 Å². The number of ether oxygens (including phenoxy) is 2. The third-order valence-electron chi connectivity index (χ3n) is 4.80. The van der Waals surface area contributed by atoms with Crippen LogP contribution in [-0.2, 0) is 21.4 Å². The summed E-state index contributed by atoms with van der Waals surface area (Å²) in [6.07, 6.45) is 0. The number of amides is 1. The lowest BCUT2D eigenvalue weighted by atomic mass is 10.1. The van der Waals surface area contributed by atoms with Gasteiger partial charge in [0.1, 0.15) is 11.5 Å². The van der Waals surface area contributed by atoms with E-state index in [1.807, 2.05) is 61.5 Å². The van der Waals surface area contributed by atoms with Crippen LogP contribution in [0.1, 0.15) is 24.1 Å². The first kappa shape index (κ1) is 23.3. The van der Waals surface area contributed by atoms with E-state index in [4.69, 9.17) is 9.47 Å². The van der Waals surface area contributed by atoms with Crippen LogP contribution in [0.25, 0.3) is 0 Å². The Hall–Kier alpha value is -3.36. The highest BCUT2D eigenvalue weighted by Gasteiger charge is 2.15. The van der Waals surface area contributed by atoms with Crippen molar-refractivity contribution in [3.05, 3.63) is 90.0 Å². The average molecular weight is 455 g/mol. The molecule has 0 radical (unpaired) electrons. The Bertz CT molecular complexity index is 1130. The van der Waals surface area contributed by atoms with E-state index < -0.39 is 10.0 Å². The molecule has 1 amide bonds. The van der Waals surface area contributed by atoms with Gasteiger partial charge in [0.2, 0.25) is 10.0 Å². The summed E-state index contributed by atoms with van der Waals surface area (Å²) in [7, 11) is -2.08. The lowest BCUT2D eigenvalue weighted by Crippen LogP contribution is -2.31. The maximum Gasteiger partial charge on any atom is 0.258 e. The smallest absolute Gasteiger partial charge is 0.258 e. The largest absolute Gasteiger partial charge is 0.496 e. The van der Waals surface area contributed by atoms with E-state index in [1.54, 1.807) is 7.11 Å². The van der Waals surface area contributed by atoms with Gasteiger partial charge in [0, 0.05) is 12.1 Å². The Labute approximate surface area is 188 Å². The van der Waals surface area contributed by atoms with E-state index in [-0.39, 0.29) is 30.0 Å². The predicted molar refractivity (Wildman–Crippen MR) is 122 cm³/mol. The van der Waals surface area contributed by atoms with Crippen LogP contribution in [0.4, 0.5) is 0 Å². The normalized spacial score (nSPS) is 12.1. The highest BCUT2D eigenvalue weighted by molar-refractivity contribution is 7.89. The van der Waals surface area contributed by atoms with Crippen LogP contribution in [0.3, 0.4) is 0 Å². The molecule has 2 N–H and O–H groups in total. The molecular formula is C24H26N2O5S. The molecule has 0 bridgehead atoms. The van der Waals surface area contributed by atoms with Crippen molar-refractivity contribution >= 4 is 15.9 Å². The third kappa shape index (κ3) is 6.32. The van der Waals surface area contributed by atoms with Crippen LogP contribution in [0, 0.1) is 0 Å². The summed E-state index contributed by atoms with van der Waals surface area (Å²) < 4.78 is 38.3. The van der Waals surface area contributed by atoms with Crippen molar-refractivity contribution in [1.29, 1.82) is 0 Å². The summed E-state index contributed by atoms with van der Waals surface area (Å²) in [4.78, 5) is 12.4. The van der Waals surface area contributed by atoms with Crippen LogP contribution in [-0.4, -0.2) is 28.0 Å². The SMILES string of the molecule is COc1ccccc1[C@@H](C)NC(=O)COc1ccc(S(=O)(=O)NCc2ccccc2)cc1. The summed E-state index contributed by atoms with van der Waals surface area (Å²) in [5.41, 5.74) is 1.73. The van der Waals surface area contributed by atoms with Crippen molar-refractivity contribution in [3.63, 3.8) is 0 Å². The van der Waals surface area contributed by atoms with Gasteiger partial charge in [0.25, 0.3) is 5.91 Å². The van der Waals surface area contributed by atoms with Gasteiger partial charge in [-0.2, -0.15) is 0 Å². The summed E-state index contributed by atoms with van der Waals surface area (Å²) in [6, 6.07) is 22.4. The van der Waals surface area contributed by atoms with Crippen molar-refractivity contribution in [2.45, 2.75) is 24.4 Å². The molecule has 0 fully saturated rings. The van der Waals surface area contributed by atoms with E-state index in [9.17, 15) is 13.2 Å². The molecule has 3 aromatic rings. The molecule has 32 heavy (non-hydrogen) atoms. The number of hydrogen-bond donors (Lipinski definition) is 2. The Balaban J connectivity index is 1.52. The lowest BCUT2D eigenvalue weighted by molar-refractivity contribution is -0.123. The highest BCUT2D eigenvalue weighted by Crippen LogP contribution is 2.24. The zero-order valence-electron chi connectivity index (χ0n) is 17.9. The first-order valence-electron chi connectivity index (χ1n) is 10.1. The first-order valence-corrected chi connectivity index (χ1v) is 11.6. The molecule has 7 nitrogen and oxygen atoms in total. The number of para-hydroxylation sites is 1. The van der Waals surface area contributed by atoms with Gasteiger partial charge < -0.3 is 14.8 Å². The molecule has 3 rings (SSSR count). The highest BCUT2D eigenvalue weighted by atomic mass is 32.2. The van der Waals surface area contributed by atoms with Crippen LogP contribution in [0.5, 0.6) is 11.5 Å². The maximum absolute atomic E-state index is 12.5. The second-order valence-corrected chi connectivity index (χ2v) is 8.87. The van der Waals surface area contributed by atoms with Gasteiger partial charge in [0.05, 0.1) is 18.0 Å². The molecule has 0 aromatic heterocycles. The minimum absolute atomic E-state index is 0.120. The molecule has 168 valence electrons. The standard InChI is InChI=1S/C24H26N2O5S/c1-18(22-10-6-7-11-23(22)30-2)26-24(27)17-31-20-12-14-21(15-13-20)32(28,29)25-16-19-8-4-3-5-9-19/h3-15,18,25H,16-17H2,1-2H3,(H,26,27)/t18-/m1/s1. The molecule has 0 aliphatic carbocycles. The zero-order chi connectivity index (χ0) is 23.0. The summed E-state index contributed by atoms with van der Waals surface area (Å²) >= 11 is 0. The van der Waals surface area contributed by atoms with Crippen molar-refractivity contribution in [2.75, 3.05) is 13.7 Å². The van der Waals surface area contributed by atoms with Crippen molar-refractivity contribution in [1.82, 2.24) is 10.0 Å². The first-order chi connectivity index (χ1) is 15.4. The summed E-state index contributed by atoms with van der Waals surface area (Å²) in [5, 5.41) is 2.86. The van der Waals surface area contributed by atoms with Crippen LogP contribution in [0.15, 0.2) is 83.8 Å². The topological polar surface area (TPSA) is 93.7 Å². The molecule has 8 heteroatoms. The predicted octanol–water partition coefficient (Wildman–Crippen LogP) is 3.43. The monoisotopic (exact) mass is 454 g/mol. The second kappa shape index (κ2) is 10.8. The molecule has 0 heterocycles. The van der Waals surface area contributed by atoms with Gasteiger partial charge in [-0.15, -0.1) is 0 Å². The Morgan fingerprint density at radius 3 is 2.28 bits per heavy atom. The van der Waals surface area contributed by atoms with Crippen molar-refractivity contribution in [3.8, 4) is 11.5 Å². The van der Waals surface area contributed by atoms with Gasteiger partial charge in [-0.25, -0.2) is 13.1 Å². The van der Waals surface area contributed by atoms with E-state index in [0.717, 1.165) is 11.1 Å². The fourth-order valence-corrected chi connectivity index (χ4v) is 4.12. The maximum atomic E-state index is 12.5. The Morgan fingerprint density at radius 2 is 1.59 bits per heavy atom. The number of benzene rings is 3. The van der Waals surface area contributed by atoms with Gasteiger partial charge in [-0.1, -0.05) is 48.5 Å². The molecule has 1 atom stereocenters. The Kier molecular flexibility index (Phi) is 7.86. The number of nitrogens with one attached hydrogen (secondary N) is 2. The number of rotatable bonds is 10. The van der Waals surface area contributed by atoms with E-state index in [0.29, 0.717) is 11.5 Å². The number of carbonyl (C=O) groups excluding carboxylic acids is 1. The van der Waals surface area contributed by atoms with Crippen LogP contribution >= 0.6 is 0 Å². The zero-order valence-corrected chi connectivity index (χ0v) is 18.8. The molecule has 0 aliphatic rings. The molecule has 3 aromatic carbocycles.